The van der Waals surface area contributed by atoms with E-state index in [9.17, 15) is 13.2 Å². The van der Waals surface area contributed by atoms with Gasteiger partial charge in [0.25, 0.3) is 5.91 Å². The van der Waals surface area contributed by atoms with Crippen molar-refractivity contribution in [3.05, 3.63) is 29.8 Å². The molecule has 22 heavy (non-hydrogen) atoms. The van der Waals surface area contributed by atoms with Crippen LogP contribution >= 0.6 is 0 Å². The molecule has 0 unspecified atom stereocenters. The molecular formula is C15H23N3O3S. The van der Waals surface area contributed by atoms with Gasteiger partial charge in [-0.15, -0.1) is 0 Å². The lowest BCUT2D eigenvalue weighted by atomic mass is 10.2. The zero-order valence-electron chi connectivity index (χ0n) is 13.1. The average Bonchev–Trinajstić information content (AvgIpc) is 3.00. The van der Waals surface area contributed by atoms with Crippen LogP contribution in [0.5, 0.6) is 0 Å². The Morgan fingerprint density at radius 2 is 1.77 bits per heavy atom. The summed E-state index contributed by atoms with van der Waals surface area (Å²) in [5.41, 5.74) is 0.536. The molecule has 0 aromatic heterocycles. The summed E-state index contributed by atoms with van der Waals surface area (Å²) in [6.45, 7) is 2.55. The number of benzene rings is 1. The molecule has 7 heteroatoms. The number of nitrogens with zero attached hydrogens (tertiary/aromatic N) is 2. The molecule has 0 bridgehead atoms. The number of amides is 1. The van der Waals surface area contributed by atoms with Crippen LogP contribution in [0.15, 0.2) is 29.2 Å². The van der Waals surface area contributed by atoms with Crippen LogP contribution in [-0.4, -0.2) is 64.4 Å². The van der Waals surface area contributed by atoms with Crippen LogP contribution in [0.1, 0.15) is 23.2 Å². The predicted molar refractivity (Wildman–Crippen MR) is 85.3 cm³/mol. The second kappa shape index (κ2) is 7.21. The smallest absolute Gasteiger partial charge is 0.253 e. The van der Waals surface area contributed by atoms with Crippen LogP contribution in [0.4, 0.5) is 0 Å². The molecule has 122 valence electrons. The fourth-order valence-electron chi connectivity index (χ4n) is 2.37. The quantitative estimate of drug-likeness (QED) is 0.838. The highest BCUT2D eigenvalue weighted by molar-refractivity contribution is 7.89. The number of rotatable bonds is 6. The minimum Gasteiger partial charge on any atom is -0.339 e. The maximum atomic E-state index is 12.2. The van der Waals surface area contributed by atoms with E-state index in [1.807, 2.05) is 19.0 Å². The Kier molecular flexibility index (Phi) is 5.55. The molecule has 1 aromatic rings. The Hall–Kier alpha value is -1.44. The molecule has 1 aromatic carbocycles. The van der Waals surface area contributed by atoms with Gasteiger partial charge in [0.15, 0.2) is 0 Å². The van der Waals surface area contributed by atoms with E-state index in [-0.39, 0.29) is 10.8 Å². The van der Waals surface area contributed by atoms with Crippen molar-refractivity contribution in [3.63, 3.8) is 0 Å². The molecule has 1 heterocycles. The highest BCUT2D eigenvalue weighted by atomic mass is 32.2. The van der Waals surface area contributed by atoms with Crippen molar-refractivity contribution in [3.8, 4) is 0 Å². The molecule has 0 saturated carbocycles. The van der Waals surface area contributed by atoms with E-state index in [2.05, 4.69) is 4.72 Å². The van der Waals surface area contributed by atoms with Crippen LogP contribution in [0.3, 0.4) is 0 Å². The number of carbonyl (C=O) groups is 1. The van der Waals surface area contributed by atoms with Crippen LogP contribution in [0.25, 0.3) is 0 Å². The molecule has 2 rings (SSSR count). The van der Waals surface area contributed by atoms with Crippen molar-refractivity contribution in [2.24, 2.45) is 0 Å². The fourth-order valence-corrected chi connectivity index (χ4v) is 3.39. The molecule has 1 fully saturated rings. The molecule has 0 spiro atoms. The maximum absolute atomic E-state index is 12.2. The van der Waals surface area contributed by atoms with Crippen LogP contribution in [0, 0.1) is 0 Å². The molecule has 1 aliphatic rings. The van der Waals surface area contributed by atoms with E-state index in [1.165, 1.54) is 12.1 Å². The molecule has 6 nitrogen and oxygen atoms in total. The molecule has 1 saturated heterocycles. The first-order chi connectivity index (χ1) is 10.4. The lowest BCUT2D eigenvalue weighted by Gasteiger charge is -2.15. The van der Waals surface area contributed by atoms with Crippen molar-refractivity contribution < 1.29 is 13.2 Å². The highest BCUT2D eigenvalue weighted by Crippen LogP contribution is 2.15. The first kappa shape index (κ1) is 16.9. The van der Waals surface area contributed by atoms with E-state index < -0.39 is 10.0 Å². The molecule has 0 atom stereocenters. The topological polar surface area (TPSA) is 69.7 Å². The van der Waals surface area contributed by atoms with E-state index in [1.54, 1.807) is 17.0 Å². The van der Waals surface area contributed by atoms with E-state index in [0.717, 1.165) is 25.9 Å². The zero-order chi connectivity index (χ0) is 16.2. The summed E-state index contributed by atoms with van der Waals surface area (Å²) in [6.07, 6.45) is 2.07. The Morgan fingerprint density at radius 3 is 2.32 bits per heavy atom. The number of likely N-dealkylation sites (tertiary alicyclic amines) is 1. The average molecular weight is 325 g/mol. The Labute approximate surface area is 132 Å². The zero-order valence-corrected chi connectivity index (χ0v) is 13.9. The Bertz CT molecular complexity index is 605. The van der Waals surface area contributed by atoms with Gasteiger partial charge in [-0.3, -0.25) is 4.79 Å². The SMILES string of the molecule is CN(C)CCNS(=O)(=O)c1ccc(C(=O)N2CCCC2)cc1. The first-order valence-electron chi connectivity index (χ1n) is 7.44. The third-order valence-corrected chi connectivity index (χ3v) is 5.13. The number of nitrogens with one attached hydrogen (secondary N) is 1. The van der Waals surface area contributed by atoms with Gasteiger partial charge in [0.2, 0.25) is 10.0 Å². The van der Waals surface area contributed by atoms with E-state index in [4.69, 9.17) is 0 Å². The van der Waals surface area contributed by atoms with Crippen molar-refractivity contribution in [2.75, 3.05) is 40.3 Å². The molecule has 1 aliphatic heterocycles. The third-order valence-electron chi connectivity index (χ3n) is 3.66. The summed E-state index contributed by atoms with van der Waals surface area (Å²) < 4.78 is 26.8. The summed E-state index contributed by atoms with van der Waals surface area (Å²) in [6, 6.07) is 6.14. The van der Waals surface area contributed by atoms with Gasteiger partial charge in [-0.1, -0.05) is 0 Å². The van der Waals surface area contributed by atoms with Gasteiger partial charge >= 0.3 is 0 Å². The van der Waals surface area contributed by atoms with Gasteiger partial charge in [-0.2, -0.15) is 0 Å². The molecule has 1 amide bonds. The van der Waals surface area contributed by atoms with Gasteiger partial charge in [0.1, 0.15) is 0 Å². The minimum atomic E-state index is -3.52. The van der Waals surface area contributed by atoms with Crippen molar-refractivity contribution in [1.29, 1.82) is 0 Å². The second-order valence-corrected chi connectivity index (χ2v) is 7.49. The lowest BCUT2D eigenvalue weighted by Crippen LogP contribution is -2.31. The van der Waals surface area contributed by atoms with Gasteiger partial charge in [-0.25, -0.2) is 13.1 Å². The standard InChI is InChI=1S/C15H23N3O3S/c1-17(2)12-9-16-22(20,21)14-7-5-13(6-8-14)15(19)18-10-3-4-11-18/h5-8,16H,3-4,9-12H2,1-2H3. The first-order valence-corrected chi connectivity index (χ1v) is 8.92. The second-order valence-electron chi connectivity index (χ2n) is 5.72. The number of sulfonamides is 1. The number of carbonyl (C=O) groups excluding carboxylic acids is 1. The Morgan fingerprint density at radius 1 is 1.18 bits per heavy atom. The third kappa shape index (κ3) is 4.28. The van der Waals surface area contributed by atoms with Gasteiger partial charge in [-0.05, 0) is 51.2 Å². The fraction of sp³-hybridized carbons (Fsp3) is 0.533. The molecular weight excluding hydrogens is 302 g/mol. The summed E-state index contributed by atoms with van der Waals surface area (Å²) in [7, 11) is 0.245. The van der Waals surface area contributed by atoms with Crippen LogP contribution < -0.4 is 4.72 Å². The summed E-state index contributed by atoms with van der Waals surface area (Å²) in [5, 5.41) is 0. The van der Waals surface area contributed by atoms with Gasteiger partial charge in [0, 0.05) is 31.7 Å². The lowest BCUT2D eigenvalue weighted by molar-refractivity contribution is 0.0792. The van der Waals surface area contributed by atoms with Crippen molar-refractivity contribution in [1.82, 2.24) is 14.5 Å². The van der Waals surface area contributed by atoms with E-state index in [0.29, 0.717) is 18.7 Å². The summed E-state index contributed by atoms with van der Waals surface area (Å²) >= 11 is 0. The largest absolute Gasteiger partial charge is 0.339 e. The minimum absolute atomic E-state index is 0.0259. The van der Waals surface area contributed by atoms with E-state index >= 15 is 0 Å². The van der Waals surface area contributed by atoms with Crippen LogP contribution in [-0.2, 0) is 10.0 Å². The van der Waals surface area contributed by atoms with Crippen LogP contribution in [0.2, 0.25) is 0 Å². The van der Waals surface area contributed by atoms with Crippen molar-refractivity contribution in [2.45, 2.75) is 17.7 Å². The molecule has 0 radical (unpaired) electrons. The van der Waals surface area contributed by atoms with Crippen molar-refractivity contribution >= 4 is 15.9 Å². The normalized spacial score (nSPS) is 15.5. The molecule has 1 N–H and O–H groups in total. The van der Waals surface area contributed by atoms with Gasteiger partial charge < -0.3 is 9.80 Å². The summed E-state index contributed by atoms with van der Waals surface area (Å²) in [5.74, 6) is -0.0259. The summed E-state index contributed by atoms with van der Waals surface area (Å²) in [4.78, 5) is 16.1. The van der Waals surface area contributed by atoms with Gasteiger partial charge in [0.05, 0.1) is 4.90 Å². The Balaban J connectivity index is 2.02. The number of hydrogen-bond donors (Lipinski definition) is 1. The number of likely N-dealkylation sites (N-methyl/N-ethyl adjacent to an activating group) is 1. The molecule has 0 aliphatic carbocycles. The predicted octanol–water partition coefficient (Wildman–Crippen LogP) is 0.763. The monoisotopic (exact) mass is 325 g/mol. The maximum Gasteiger partial charge on any atom is 0.253 e. The number of hydrogen-bond acceptors (Lipinski definition) is 4. The highest BCUT2D eigenvalue weighted by Gasteiger charge is 2.20.